The van der Waals surface area contributed by atoms with E-state index >= 15 is 0 Å². The highest BCUT2D eigenvalue weighted by atomic mass is 16.6. The Morgan fingerprint density at radius 2 is 1.96 bits per heavy atom. The average Bonchev–Trinajstić information content (AvgIpc) is 2.46. The van der Waals surface area contributed by atoms with E-state index in [1.54, 1.807) is 4.90 Å². The van der Waals surface area contributed by atoms with Crippen molar-refractivity contribution in [3.8, 4) is 5.75 Å². The Balaban J connectivity index is 1.66. The van der Waals surface area contributed by atoms with Crippen LogP contribution in [0.5, 0.6) is 5.75 Å². The van der Waals surface area contributed by atoms with Crippen molar-refractivity contribution in [3.63, 3.8) is 0 Å². The highest BCUT2D eigenvalue weighted by Gasteiger charge is 2.43. The SMILES string of the molecule is CC(C)(C)OC(=O)N1CCC2(CC1)CC(N)c1ccccc1O2. The maximum atomic E-state index is 12.2. The van der Waals surface area contributed by atoms with Crippen LogP contribution >= 0.6 is 0 Å². The minimum absolute atomic E-state index is 0.00646. The van der Waals surface area contributed by atoms with Crippen molar-refractivity contribution in [1.29, 1.82) is 0 Å². The smallest absolute Gasteiger partial charge is 0.410 e. The van der Waals surface area contributed by atoms with E-state index < -0.39 is 5.60 Å². The summed E-state index contributed by atoms with van der Waals surface area (Å²) in [5.74, 6) is 0.886. The van der Waals surface area contributed by atoms with E-state index in [2.05, 4.69) is 0 Å². The van der Waals surface area contributed by atoms with E-state index in [9.17, 15) is 4.79 Å². The summed E-state index contributed by atoms with van der Waals surface area (Å²) in [5, 5.41) is 0. The van der Waals surface area contributed by atoms with Crippen LogP contribution in [0.1, 0.15) is 51.6 Å². The number of ether oxygens (including phenoxy) is 2. The number of hydrogen-bond donors (Lipinski definition) is 1. The van der Waals surface area contributed by atoms with Gasteiger partial charge in [-0.05, 0) is 26.8 Å². The number of para-hydroxylation sites is 1. The van der Waals surface area contributed by atoms with Gasteiger partial charge in [-0.25, -0.2) is 4.79 Å². The van der Waals surface area contributed by atoms with E-state index in [0.717, 1.165) is 30.6 Å². The van der Waals surface area contributed by atoms with Gasteiger partial charge in [0.2, 0.25) is 0 Å². The molecule has 0 aromatic heterocycles. The predicted octanol–water partition coefficient (Wildman–Crippen LogP) is 3.24. The van der Waals surface area contributed by atoms with Crippen molar-refractivity contribution in [1.82, 2.24) is 4.90 Å². The highest BCUT2D eigenvalue weighted by Crippen LogP contribution is 2.43. The lowest BCUT2D eigenvalue weighted by atomic mass is 9.81. The number of piperidine rings is 1. The maximum absolute atomic E-state index is 12.2. The average molecular weight is 318 g/mol. The molecule has 1 aromatic rings. The summed E-state index contributed by atoms with van der Waals surface area (Å²) in [4.78, 5) is 14.0. The van der Waals surface area contributed by atoms with E-state index in [4.69, 9.17) is 15.2 Å². The molecule has 2 aliphatic rings. The number of nitrogens with two attached hydrogens (primary N) is 1. The molecule has 23 heavy (non-hydrogen) atoms. The van der Waals surface area contributed by atoms with Gasteiger partial charge in [-0.3, -0.25) is 0 Å². The van der Waals surface area contributed by atoms with Crippen LogP contribution in [0.25, 0.3) is 0 Å². The van der Waals surface area contributed by atoms with Gasteiger partial charge in [0.05, 0.1) is 0 Å². The van der Waals surface area contributed by atoms with Crippen LogP contribution in [-0.4, -0.2) is 35.3 Å². The lowest BCUT2D eigenvalue weighted by Gasteiger charge is -2.46. The number of fused-ring (bicyclic) bond motifs is 1. The molecule has 1 amide bonds. The number of rotatable bonds is 0. The molecule has 5 nitrogen and oxygen atoms in total. The molecule has 1 fully saturated rings. The first-order chi connectivity index (χ1) is 10.8. The molecular formula is C18H26N2O3. The van der Waals surface area contributed by atoms with Crippen LogP contribution in [0.2, 0.25) is 0 Å². The van der Waals surface area contributed by atoms with Gasteiger partial charge in [-0.15, -0.1) is 0 Å². The van der Waals surface area contributed by atoms with Crippen LogP contribution in [0, 0.1) is 0 Å². The molecule has 0 saturated carbocycles. The zero-order chi connectivity index (χ0) is 16.7. The Hall–Kier alpha value is -1.75. The van der Waals surface area contributed by atoms with E-state index in [1.165, 1.54) is 0 Å². The molecule has 0 radical (unpaired) electrons. The summed E-state index contributed by atoms with van der Waals surface area (Å²) in [6, 6.07) is 7.97. The van der Waals surface area contributed by atoms with Crippen molar-refractivity contribution in [2.45, 2.75) is 57.3 Å². The molecule has 126 valence electrons. The third-order valence-corrected chi connectivity index (χ3v) is 4.56. The first-order valence-corrected chi connectivity index (χ1v) is 8.29. The Morgan fingerprint density at radius 3 is 2.61 bits per heavy atom. The number of benzene rings is 1. The molecule has 2 heterocycles. The minimum atomic E-state index is -0.463. The quantitative estimate of drug-likeness (QED) is 0.797. The molecule has 1 saturated heterocycles. The molecule has 5 heteroatoms. The Labute approximate surface area is 137 Å². The van der Waals surface area contributed by atoms with E-state index in [0.29, 0.717) is 13.1 Å². The monoisotopic (exact) mass is 318 g/mol. The first-order valence-electron chi connectivity index (χ1n) is 8.29. The summed E-state index contributed by atoms with van der Waals surface area (Å²) >= 11 is 0. The number of hydrogen-bond acceptors (Lipinski definition) is 4. The lowest BCUT2D eigenvalue weighted by molar-refractivity contribution is -0.0320. The maximum Gasteiger partial charge on any atom is 0.410 e. The van der Waals surface area contributed by atoms with Crippen molar-refractivity contribution in [2.24, 2.45) is 5.73 Å². The third-order valence-electron chi connectivity index (χ3n) is 4.56. The number of amides is 1. The normalized spacial score (nSPS) is 23.1. The van der Waals surface area contributed by atoms with Gasteiger partial charge < -0.3 is 20.1 Å². The fourth-order valence-electron chi connectivity index (χ4n) is 3.39. The fourth-order valence-corrected chi connectivity index (χ4v) is 3.39. The van der Waals surface area contributed by atoms with Crippen LogP contribution in [0.15, 0.2) is 24.3 Å². The molecule has 1 unspecified atom stereocenters. The predicted molar refractivity (Wildman–Crippen MR) is 88.4 cm³/mol. The largest absolute Gasteiger partial charge is 0.487 e. The summed E-state index contributed by atoms with van der Waals surface area (Å²) in [7, 11) is 0. The van der Waals surface area contributed by atoms with Crippen LogP contribution < -0.4 is 10.5 Å². The molecule has 2 N–H and O–H groups in total. The minimum Gasteiger partial charge on any atom is -0.487 e. The van der Waals surface area contributed by atoms with Crippen molar-refractivity contribution < 1.29 is 14.3 Å². The molecule has 0 bridgehead atoms. The van der Waals surface area contributed by atoms with Crippen molar-refractivity contribution in [2.75, 3.05) is 13.1 Å². The van der Waals surface area contributed by atoms with Crippen LogP contribution in [0.4, 0.5) is 4.79 Å². The Bertz CT molecular complexity index is 586. The Kier molecular flexibility index (Phi) is 4.00. The van der Waals surface area contributed by atoms with Gasteiger partial charge in [-0.1, -0.05) is 18.2 Å². The number of likely N-dealkylation sites (tertiary alicyclic amines) is 1. The molecule has 1 aromatic carbocycles. The second-order valence-corrected chi connectivity index (χ2v) is 7.60. The zero-order valence-corrected chi connectivity index (χ0v) is 14.2. The topological polar surface area (TPSA) is 64.8 Å². The molecule has 3 rings (SSSR count). The lowest BCUT2D eigenvalue weighted by Crippen LogP contribution is -2.53. The highest BCUT2D eigenvalue weighted by molar-refractivity contribution is 5.68. The molecule has 1 atom stereocenters. The van der Waals surface area contributed by atoms with Gasteiger partial charge in [0.15, 0.2) is 0 Å². The standard InChI is InChI=1S/C18H26N2O3/c1-17(2,3)23-16(21)20-10-8-18(9-11-20)12-14(19)13-6-4-5-7-15(13)22-18/h4-7,14H,8-12,19H2,1-3H3. The number of carbonyl (C=O) groups is 1. The summed E-state index contributed by atoms with van der Waals surface area (Å²) < 4.78 is 11.8. The van der Waals surface area contributed by atoms with Gasteiger partial charge in [0.1, 0.15) is 17.0 Å². The number of nitrogens with zero attached hydrogens (tertiary/aromatic N) is 1. The summed E-state index contributed by atoms with van der Waals surface area (Å²) in [6.45, 7) is 6.94. The van der Waals surface area contributed by atoms with Crippen LogP contribution in [-0.2, 0) is 4.74 Å². The van der Waals surface area contributed by atoms with Gasteiger partial charge in [-0.2, -0.15) is 0 Å². The molecule has 0 aliphatic carbocycles. The van der Waals surface area contributed by atoms with Gasteiger partial charge in [0.25, 0.3) is 0 Å². The number of carbonyl (C=O) groups excluding carboxylic acids is 1. The second-order valence-electron chi connectivity index (χ2n) is 7.60. The van der Waals surface area contributed by atoms with Gasteiger partial charge >= 0.3 is 6.09 Å². The van der Waals surface area contributed by atoms with Crippen LogP contribution in [0.3, 0.4) is 0 Å². The second kappa shape index (κ2) is 5.71. The van der Waals surface area contributed by atoms with Crippen molar-refractivity contribution in [3.05, 3.63) is 29.8 Å². The Morgan fingerprint density at radius 1 is 1.30 bits per heavy atom. The molecule has 2 aliphatic heterocycles. The zero-order valence-electron chi connectivity index (χ0n) is 14.2. The van der Waals surface area contributed by atoms with Crippen molar-refractivity contribution >= 4 is 6.09 Å². The summed E-state index contributed by atoms with van der Waals surface area (Å²) in [5.41, 5.74) is 6.70. The molecular weight excluding hydrogens is 292 g/mol. The van der Waals surface area contributed by atoms with E-state index in [-0.39, 0.29) is 17.7 Å². The van der Waals surface area contributed by atoms with E-state index in [1.807, 2.05) is 45.0 Å². The first kappa shape index (κ1) is 16.1. The third kappa shape index (κ3) is 3.44. The van der Waals surface area contributed by atoms with Gasteiger partial charge in [0, 0.05) is 44.0 Å². The fraction of sp³-hybridized carbons (Fsp3) is 0.611. The molecule has 1 spiro atoms. The summed E-state index contributed by atoms with van der Waals surface area (Å²) in [6.07, 6.45) is 2.13.